The molecule has 3 aliphatic rings. The number of carbonyl (C=O) groups is 1. The molecule has 4 rings (SSSR count). The van der Waals surface area contributed by atoms with E-state index in [1.165, 1.54) is 6.42 Å². The maximum absolute atomic E-state index is 13.3. The van der Waals surface area contributed by atoms with Crippen molar-refractivity contribution in [1.82, 2.24) is 4.90 Å². The summed E-state index contributed by atoms with van der Waals surface area (Å²) in [6.45, 7) is 9.79. The molecule has 0 spiro atoms. The maximum atomic E-state index is 13.3. The number of fused-ring (bicyclic) bond motifs is 1. The van der Waals surface area contributed by atoms with Crippen molar-refractivity contribution in [2.24, 2.45) is 5.92 Å². The van der Waals surface area contributed by atoms with Gasteiger partial charge < -0.3 is 34.6 Å². The highest BCUT2D eigenvalue weighted by atomic mass is 16.7. The third-order valence-electron chi connectivity index (χ3n) is 8.08. The summed E-state index contributed by atoms with van der Waals surface area (Å²) in [6.07, 6.45) is 1.38. The van der Waals surface area contributed by atoms with Crippen LogP contribution in [0.25, 0.3) is 0 Å². The van der Waals surface area contributed by atoms with E-state index >= 15 is 0 Å². The van der Waals surface area contributed by atoms with Crippen LogP contribution in [0.1, 0.15) is 74.9 Å². The van der Waals surface area contributed by atoms with Crippen molar-refractivity contribution in [1.29, 1.82) is 0 Å². The quantitative estimate of drug-likeness (QED) is 0.258. The van der Waals surface area contributed by atoms with Crippen LogP contribution < -0.4 is 4.74 Å². The summed E-state index contributed by atoms with van der Waals surface area (Å²) < 4.78 is 17.5. The van der Waals surface area contributed by atoms with Crippen molar-refractivity contribution >= 4 is 5.97 Å². The molecule has 9 nitrogen and oxygen atoms in total. The Morgan fingerprint density at radius 1 is 1.13 bits per heavy atom. The number of benzene rings is 1. The summed E-state index contributed by atoms with van der Waals surface area (Å²) in [5, 5.41) is 41.0. The number of nitrogens with zero attached hydrogens (tertiary/aromatic N) is 1. The van der Waals surface area contributed by atoms with E-state index in [2.05, 4.69) is 4.90 Å². The van der Waals surface area contributed by atoms with Gasteiger partial charge in [-0.05, 0) is 103 Å². The minimum atomic E-state index is -1.46. The summed E-state index contributed by atoms with van der Waals surface area (Å²) in [7, 11) is 0. The van der Waals surface area contributed by atoms with E-state index in [1.807, 2.05) is 19.9 Å². The van der Waals surface area contributed by atoms with Crippen LogP contribution in [0.5, 0.6) is 5.75 Å². The van der Waals surface area contributed by atoms with Crippen LogP contribution in [0.4, 0.5) is 0 Å². The fraction of sp³-hybridized carbons (Fsp3) is 0.700. The molecule has 218 valence electrons. The number of aliphatic hydroxyl groups is 4. The average Bonchev–Trinajstić information content (AvgIpc) is 3.49. The predicted octanol–water partition coefficient (Wildman–Crippen LogP) is 2.36. The van der Waals surface area contributed by atoms with Crippen molar-refractivity contribution in [3.05, 3.63) is 40.5 Å². The molecule has 1 aromatic carbocycles. The van der Waals surface area contributed by atoms with Gasteiger partial charge in [0.1, 0.15) is 24.1 Å². The third-order valence-corrected chi connectivity index (χ3v) is 8.08. The lowest BCUT2D eigenvalue weighted by molar-refractivity contribution is -0.242. The number of allylic oxidation sites excluding steroid dienone is 2. The highest BCUT2D eigenvalue weighted by Crippen LogP contribution is 2.35. The van der Waals surface area contributed by atoms with Gasteiger partial charge in [0, 0.05) is 12.0 Å². The second-order valence-electron chi connectivity index (χ2n) is 12.2. The number of ether oxygens (including phenoxy) is 3. The van der Waals surface area contributed by atoms with Gasteiger partial charge in [0.15, 0.2) is 0 Å². The Morgan fingerprint density at radius 3 is 2.59 bits per heavy atom. The molecule has 0 aromatic heterocycles. The van der Waals surface area contributed by atoms with E-state index < -0.39 is 36.2 Å². The molecule has 3 saturated heterocycles. The largest absolute Gasteiger partial charge is 0.462 e. The lowest BCUT2D eigenvalue weighted by Crippen LogP contribution is -2.54. The number of hydrogen-bond acceptors (Lipinski definition) is 9. The van der Waals surface area contributed by atoms with Crippen LogP contribution in [0, 0.1) is 5.92 Å². The Hall–Kier alpha value is -2.01. The Morgan fingerprint density at radius 2 is 1.87 bits per heavy atom. The molecule has 0 amide bonds. The molecule has 6 atom stereocenters. The lowest BCUT2D eigenvalue weighted by atomic mass is 9.93. The van der Waals surface area contributed by atoms with Gasteiger partial charge >= 0.3 is 5.97 Å². The SMILES string of the molecule is CC(C)=CCc1cc(C(=O)OC[C@H]2CCN3CCC[C@@H]23)cc(CCC(C)(C)O)c1O[C@@H]1OC[C@H](O)[C@H](O)[C@H]1O. The van der Waals surface area contributed by atoms with Crippen molar-refractivity contribution < 1.29 is 39.4 Å². The summed E-state index contributed by atoms with van der Waals surface area (Å²) in [5.74, 6) is 0.386. The average molecular weight is 548 g/mol. The molecule has 0 radical (unpaired) electrons. The van der Waals surface area contributed by atoms with Gasteiger partial charge in [-0.15, -0.1) is 0 Å². The zero-order chi connectivity index (χ0) is 28.3. The van der Waals surface area contributed by atoms with Gasteiger partial charge in [0.2, 0.25) is 6.29 Å². The predicted molar refractivity (Wildman–Crippen MR) is 146 cm³/mol. The van der Waals surface area contributed by atoms with E-state index in [0.29, 0.717) is 60.3 Å². The normalized spacial score (nSPS) is 29.2. The second kappa shape index (κ2) is 12.7. The van der Waals surface area contributed by atoms with Gasteiger partial charge in [-0.2, -0.15) is 0 Å². The first-order valence-corrected chi connectivity index (χ1v) is 14.2. The van der Waals surface area contributed by atoms with E-state index in [0.717, 1.165) is 31.5 Å². The lowest BCUT2D eigenvalue weighted by Gasteiger charge is -2.36. The van der Waals surface area contributed by atoms with E-state index in [1.54, 1.807) is 26.0 Å². The Kier molecular flexibility index (Phi) is 9.73. The van der Waals surface area contributed by atoms with Crippen molar-refractivity contribution in [2.45, 2.75) is 102 Å². The van der Waals surface area contributed by atoms with Crippen LogP contribution in [0.15, 0.2) is 23.8 Å². The summed E-state index contributed by atoms with van der Waals surface area (Å²) in [5.41, 5.74) is 1.91. The number of aliphatic hydroxyl groups excluding tert-OH is 3. The third kappa shape index (κ3) is 7.60. The van der Waals surface area contributed by atoms with Gasteiger partial charge in [-0.25, -0.2) is 4.79 Å². The molecule has 9 heteroatoms. The molecule has 4 N–H and O–H groups in total. The monoisotopic (exact) mass is 547 g/mol. The molecule has 0 unspecified atom stereocenters. The molecule has 1 aromatic rings. The summed E-state index contributed by atoms with van der Waals surface area (Å²) in [4.78, 5) is 15.8. The first kappa shape index (κ1) is 30.0. The van der Waals surface area contributed by atoms with E-state index in [4.69, 9.17) is 14.2 Å². The first-order chi connectivity index (χ1) is 18.4. The van der Waals surface area contributed by atoms with Gasteiger partial charge in [0.05, 0.1) is 24.4 Å². The zero-order valence-corrected chi connectivity index (χ0v) is 23.6. The Bertz CT molecular complexity index is 1030. The first-order valence-electron chi connectivity index (χ1n) is 14.2. The van der Waals surface area contributed by atoms with Crippen LogP contribution in [0.2, 0.25) is 0 Å². The standard InChI is InChI=1S/C30H45NO8/c1-18(2)7-8-19-14-22(28(35)37-16-21-10-13-31-12-5-6-23(21)31)15-20(9-11-30(3,4)36)27(19)39-29-26(34)25(33)24(32)17-38-29/h7,14-15,21,23-26,29,32-34,36H,5-6,8-13,16-17H2,1-4H3/t21-,23+,24+,25+,26-,29+/m1/s1. The number of aryl methyl sites for hydroxylation is 1. The fourth-order valence-electron chi connectivity index (χ4n) is 5.76. The second-order valence-corrected chi connectivity index (χ2v) is 12.2. The Balaban J connectivity index is 1.61. The number of rotatable bonds is 10. The number of esters is 1. The van der Waals surface area contributed by atoms with Gasteiger partial charge in [0.25, 0.3) is 0 Å². The van der Waals surface area contributed by atoms with Crippen LogP contribution in [0.3, 0.4) is 0 Å². The smallest absolute Gasteiger partial charge is 0.338 e. The molecule has 0 saturated carbocycles. The van der Waals surface area contributed by atoms with Crippen LogP contribution >= 0.6 is 0 Å². The minimum absolute atomic E-state index is 0.185. The number of carbonyl (C=O) groups excluding carboxylic acids is 1. The van der Waals surface area contributed by atoms with Crippen LogP contribution in [-0.2, 0) is 22.3 Å². The fourth-order valence-corrected chi connectivity index (χ4v) is 5.76. The van der Waals surface area contributed by atoms with Gasteiger partial charge in [-0.1, -0.05) is 11.6 Å². The Labute approximate surface area is 231 Å². The summed E-state index contributed by atoms with van der Waals surface area (Å²) in [6, 6.07) is 3.98. The highest BCUT2D eigenvalue weighted by Gasteiger charge is 2.40. The van der Waals surface area contributed by atoms with E-state index in [-0.39, 0.29) is 6.61 Å². The van der Waals surface area contributed by atoms with Crippen molar-refractivity contribution in [3.8, 4) is 5.75 Å². The zero-order valence-electron chi connectivity index (χ0n) is 23.6. The molecule has 3 aliphatic heterocycles. The molecule has 0 aliphatic carbocycles. The molecular weight excluding hydrogens is 502 g/mol. The molecule has 39 heavy (non-hydrogen) atoms. The maximum Gasteiger partial charge on any atom is 0.338 e. The number of hydrogen-bond donors (Lipinski definition) is 4. The minimum Gasteiger partial charge on any atom is -0.462 e. The van der Waals surface area contributed by atoms with E-state index in [9.17, 15) is 25.2 Å². The highest BCUT2D eigenvalue weighted by molar-refractivity contribution is 5.90. The van der Waals surface area contributed by atoms with Crippen LogP contribution in [-0.4, -0.2) is 93.8 Å². The van der Waals surface area contributed by atoms with Crippen molar-refractivity contribution in [3.63, 3.8) is 0 Å². The van der Waals surface area contributed by atoms with Gasteiger partial charge in [-0.3, -0.25) is 4.90 Å². The molecular formula is C30H45NO8. The molecule has 3 fully saturated rings. The topological polar surface area (TPSA) is 129 Å². The van der Waals surface area contributed by atoms with Crippen molar-refractivity contribution in [2.75, 3.05) is 26.3 Å². The molecule has 0 bridgehead atoms. The summed E-state index contributed by atoms with van der Waals surface area (Å²) >= 11 is 0. The molecule has 3 heterocycles.